The molecule has 2 fully saturated rings. The van der Waals surface area contributed by atoms with E-state index in [1.54, 1.807) is 13.8 Å². The van der Waals surface area contributed by atoms with Crippen LogP contribution in [0.1, 0.15) is 59.3 Å². The van der Waals surface area contributed by atoms with Crippen molar-refractivity contribution in [1.29, 1.82) is 0 Å². The number of hydrogen-bond donors (Lipinski definition) is 2. The number of nitrogens with one attached hydrogen (secondary N) is 2. The van der Waals surface area contributed by atoms with E-state index in [0.29, 0.717) is 25.0 Å². The first kappa shape index (κ1) is 22.0. The Morgan fingerprint density at radius 3 is 2.44 bits per heavy atom. The van der Waals surface area contributed by atoms with Crippen LogP contribution >= 0.6 is 0 Å². The third-order valence-electron chi connectivity index (χ3n) is 5.76. The highest BCUT2D eigenvalue weighted by molar-refractivity contribution is 7.92. The average Bonchev–Trinajstić information content (AvgIpc) is 3.07. The molecule has 1 saturated heterocycles. The van der Waals surface area contributed by atoms with Crippen LogP contribution in [0.15, 0.2) is 4.99 Å². The number of guanidine groups is 1. The number of sulfone groups is 1. The number of carbonyl (C=O) groups excluding carboxylic acids is 1. The number of likely N-dealkylation sites (tertiary alicyclic amines) is 1. The highest BCUT2D eigenvalue weighted by Gasteiger charge is 2.33. The van der Waals surface area contributed by atoms with E-state index in [9.17, 15) is 13.2 Å². The molecule has 0 spiro atoms. The predicted octanol–water partition coefficient (Wildman–Crippen LogP) is 1.55. The van der Waals surface area contributed by atoms with E-state index in [4.69, 9.17) is 0 Å². The molecule has 2 aliphatic rings. The SMILES string of the molecule is CCNC(=NCC(C)(C)S(C)(=O)=O)NC1CCN(C(=O)C2CCCCC2)C1. The molecule has 27 heavy (non-hydrogen) atoms. The summed E-state index contributed by atoms with van der Waals surface area (Å²) in [6.07, 6.45) is 7.77. The van der Waals surface area contributed by atoms with Crippen LogP contribution in [0.25, 0.3) is 0 Å². The van der Waals surface area contributed by atoms with Gasteiger partial charge in [-0.1, -0.05) is 19.3 Å². The Hall–Kier alpha value is -1.31. The van der Waals surface area contributed by atoms with E-state index in [-0.39, 0.29) is 18.5 Å². The highest BCUT2D eigenvalue weighted by atomic mass is 32.2. The minimum absolute atomic E-state index is 0.150. The van der Waals surface area contributed by atoms with Crippen LogP contribution in [0.2, 0.25) is 0 Å². The molecule has 1 aliphatic carbocycles. The molecule has 1 heterocycles. The minimum Gasteiger partial charge on any atom is -0.357 e. The van der Waals surface area contributed by atoms with E-state index < -0.39 is 14.6 Å². The van der Waals surface area contributed by atoms with Gasteiger partial charge < -0.3 is 15.5 Å². The third kappa shape index (κ3) is 6.09. The van der Waals surface area contributed by atoms with Gasteiger partial charge in [0.1, 0.15) is 0 Å². The number of rotatable bonds is 6. The third-order valence-corrected chi connectivity index (χ3v) is 7.90. The van der Waals surface area contributed by atoms with Crippen molar-refractivity contribution in [2.24, 2.45) is 10.9 Å². The number of amides is 1. The number of carbonyl (C=O) groups is 1. The summed E-state index contributed by atoms with van der Waals surface area (Å²) in [5, 5.41) is 6.56. The zero-order chi connectivity index (χ0) is 20.1. The maximum Gasteiger partial charge on any atom is 0.225 e. The fraction of sp³-hybridized carbons (Fsp3) is 0.895. The van der Waals surface area contributed by atoms with Crippen LogP contribution < -0.4 is 10.6 Å². The van der Waals surface area contributed by atoms with E-state index in [1.807, 2.05) is 11.8 Å². The second-order valence-electron chi connectivity index (χ2n) is 8.48. The first-order valence-corrected chi connectivity index (χ1v) is 12.1. The van der Waals surface area contributed by atoms with Crippen LogP contribution in [0, 0.1) is 5.92 Å². The van der Waals surface area contributed by atoms with Gasteiger partial charge in [-0.05, 0) is 40.0 Å². The molecule has 0 aromatic heterocycles. The van der Waals surface area contributed by atoms with Gasteiger partial charge in [-0.15, -0.1) is 0 Å². The van der Waals surface area contributed by atoms with Crippen molar-refractivity contribution in [3.8, 4) is 0 Å². The zero-order valence-electron chi connectivity index (χ0n) is 17.3. The molecule has 0 bridgehead atoms. The highest BCUT2D eigenvalue weighted by Crippen LogP contribution is 2.26. The summed E-state index contributed by atoms with van der Waals surface area (Å²) >= 11 is 0. The summed E-state index contributed by atoms with van der Waals surface area (Å²) < 4.78 is 22.9. The fourth-order valence-electron chi connectivity index (χ4n) is 3.59. The lowest BCUT2D eigenvalue weighted by Gasteiger charge is -2.26. The maximum atomic E-state index is 12.7. The molecular formula is C19H36N4O3S. The normalized spacial score (nSPS) is 22.7. The molecule has 1 unspecified atom stereocenters. The Labute approximate surface area is 164 Å². The molecule has 1 saturated carbocycles. The van der Waals surface area contributed by atoms with E-state index in [1.165, 1.54) is 25.5 Å². The molecule has 1 amide bonds. The van der Waals surface area contributed by atoms with Gasteiger partial charge in [-0.25, -0.2) is 8.42 Å². The van der Waals surface area contributed by atoms with Crippen molar-refractivity contribution in [2.45, 2.75) is 70.1 Å². The second kappa shape index (κ2) is 9.26. The summed E-state index contributed by atoms with van der Waals surface area (Å²) in [6.45, 7) is 7.72. The zero-order valence-corrected chi connectivity index (χ0v) is 18.1. The van der Waals surface area contributed by atoms with Crippen LogP contribution in [0.4, 0.5) is 0 Å². The van der Waals surface area contributed by atoms with E-state index in [2.05, 4.69) is 15.6 Å². The summed E-state index contributed by atoms with van der Waals surface area (Å²) in [4.78, 5) is 19.2. The minimum atomic E-state index is -3.19. The lowest BCUT2D eigenvalue weighted by Crippen LogP contribution is -2.46. The summed E-state index contributed by atoms with van der Waals surface area (Å²) in [6, 6.07) is 0.150. The van der Waals surface area contributed by atoms with Gasteiger partial charge in [0.05, 0.1) is 11.3 Å². The Morgan fingerprint density at radius 2 is 1.85 bits per heavy atom. The number of nitrogens with zero attached hydrogens (tertiary/aromatic N) is 2. The van der Waals surface area contributed by atoms with Crippen LogP contribution in [-0.2, 0) is 14.6 Å². The molecule has 2 rings (SSSR count). The topological polar surface area (TPSA) is 90.9 Å². The van der Waals surface area contributed by atoms with Gasteiger partial charge >= 0.3 is 0 Å². The lowest BCUT2D eigenvalue weighted by atomic mass is 9.88. The molecular weight excluding hydrogens is 364 g/mol. The quantitative estimate of drug-likeness (QED) is 0.521. The fourth-order valence-corrected chi connectivity index (χ4v) is 3.89. The number of aliphatic imine (C=N–C) groups is 1. The Balaban J connectivity index is 1.93. The first-order valence-electron chi connectivity index (χ1n) is 10.2. The second-order valence-corrected chi connectivity index (χ2v) is 11.1. The lowest BCUT2D eigenvalue weighted by molar-refractivity contribution is -0.135. The van der Waals surface area contributed by atoms with Crippen molar-refractivity contribution >= 4 is 21.7 Å². The number of hydrogen-bond acceptors (Lipinski definition) is 4. The van der Waals surface area contributed by atoms with Gasteiger partial charge in [-0.2, -0.15) is 0 Å². The van der Waals surface area contributed by atoms with Gasteiger partial charge in [0.15, 0.2) is 15.8 Å². The Kier molecular flexibility index (Phi) is 7.54. The average molecular weight is 401 g/mol. The first-order chi connectivity index (χ1) is 12.6. The summed E-state index contributed by atoms with van der Waals surface area (Å²) in [7, 11) is -3.19. The van der Waals surface area contributed by atoms with Gasteiger partial charge in [0, 0.05) is 37.8 Å². The monoisotopic (exact) mass is 400 g/mol. The molecule has 7 nitrogen and oxygen atoms in total. The van der Waals surface area contributed by atoms with Crippen molar-refractivity contribution in [1.82, 2.24) is 15.5 Å². The molecule has 8 heteroatoms. The molecule has 0 radical (unpaired) electrons. The summed E-state index contributed by atoms with van der Waals surface area (Å²) in [5.74, 6) is 1.13. The summed E-state index contributed by atoms with van der Waals surface area (Å²) in [5.41, 5.74) is 0. The molecule has 2 N–H and O–H groups in total. The van der Waals surface area contributed by atoms with Crippen LogP contribution in [0.5, 0.6) is 0 Å². The van der Waals surface area contributed by atoms with Crippen LogP contribution in [0.3, 0.4) is 0 Å². The van der Waals surface area contributed by atoms with Gasteiger partial charge in [0.25, 0.3) is 0 Å². The van der Waals surface area contributed by atoms with E-state index >= 15 is 0 Å². The Bertz CT molecular complexity index is 639. The Morgan fingerprint density at radius 1 is 1.19 bits per heavy atom. The molecule has 1 aliphatic heterocycles. The van der Waals surface area contributed by atoms with Gasteiger partial charge in [0.2, 0.25) is 5.91 Å². The largest absolute Gasteiger partial charge is 0.357 e. The van der Waals surface area contributed by atoms with Crippen molar-refractivity contribution < 1.29 is 13.2 Å². The van der Waals surface area contributed by atoms with Crippen molar-refractivity contribution in [3.63, 3.8) is 0 Å². The molecule has 0 aromatic carbocycles. The van der Waals surface area contributed by atoms with Crippen molar-refractivity contribution in [3.05, 3.63) is 0 Å². The smallest absolute Gasteiger partial charge is 0.225 e. The predicted molar refractivity (Wildman–Crippen MR) is 110 cm³/mol. The maximum absolute atomic E-state index is 12.7. The molecule has 0 aromatic rings. The van der Waals surface area contributed by atoms with Crippen molar-refractivity contribution in [2.75, 3.05) is 32.4 Å². The van der Waals surface area contributed by atoms with Crippen LogP contribution in [-0.4, -0.2) is 68.4 Å². The van der Waals surface area contributed by atoms with E-state index in [0.717, 1.165) is 25.8 Å². The molecule has 156 valence electrons. The van der Waals surface area contributed by atoms with Gasteiger partial charge in [-0.3, -0.25) is 9.79 Å². The molecule has 1 atom stereocenters. The standard InChI is InChI=1S/C19H36N4O3S/c1-5-20-18(21-14-19(2,3)27(4,25)26)22-16-11-12-23(13-16)17(24)15-9-7-6-8-10-15/h15-16H,5-14H2,1-4H3,(H2,20,21,22).